The molecule has 48 valence electrons. The van der Waals surface area contributed by atoms with Gasteiger partial charge < -0.3 is 5.73 Å². The summed E-state index contributed by atoms with van der Waals surface area (Å²) in [5, 5.41) is 0. The predicted octanol–water partition coefficient (Wildman–Crippen LogP) is 0.784. The number of rotatable bonds is 0. The standard InChI is InChI=1S/C5H9F2N/c6-3-1-2-4(8)5(3)7/h3-5H,1-2,8H2. The van der Waals surface area contributed by atoms with E-state index in [0.29, 0.717) is 12.8 Å². The molecule has 0 radical (unpaired) electrons. The van der Waals surface area contributed by atoms with E-state index in [2.05, 4.69) is 0 Å². The van der Waals surface area contributed by atoms with Gasteiger partial charge in [-0.05, 0) is 12.8 Å². The van der Waals surface area contributed by atoms with Crippen molar-refractivity contribution in [2.75, 3.05) is 0 Å². The Labute approximate surface area is 46.9 Å². The zero-order valence-corrected chi connectivity index (χ0v) is 4.48. The minimum atomic E-state index is -1.41. The lowest BCUT2D eigenvalue weighted by molar-refractivity contribution is 0.187. The number of hydrogen-bond acceptors (Lipinski definition) is 1. The maximum absolute atomic E-state index is 12.2. The van der Waals surface area contributed by atoms with E-state index < -0.39 is 18.4 Å². The van der Waals surface area contributed by atoms with Gasteiger partial charge in [0, 0.05) is 6.04 Å². The van der Waals surface area contributed by atoms with E-state index >= 15 is 0 Å². The van der Waals surface area contributed by atoms with Crippen molar-refractivity contribution in [2.24, 2.45) is 5.73 Å². The van der Waals surface area contributed by atoms with Crippen LogP contribution < -0.4 is 5.73 Å². The molecular weight excluding hydrogens is 112 g/mol. The van der Waals surface area contributed by atoms with Crippen LogP contribution in [0, 0.1) is 0 Å². The number of halogens is 2. The molecule has 8 heavy (non-hydrogen) atoms. The van der Waals surface area contributed by atoms with Crippen molar-refractivity contribution < 1.29 is 8.78 Å². The Morgan fingerprint density at radius 3 is 2.00 bits per heavy atom. The van der Waals surface area contributed by atoms with Crippen molar-refractivity contribution in [1.29, 1.82) is 0 Å². The van der Waals surface area contributed by atoms with Gasteiger partial charge in [-0.3, -0.25) is 0 Å². The van der Waals surface area contributed by atoms with Crippen molar-refractivity contribution in [3.05, 3.63) is 0 Å². The molecule has 0 heterocycles. The molecule has 2 N–H and O–H groups in total. The van der Waals surface area contributed by atoms with E-state index in [1.54, 1.807) is 0 Å². The molecule has 0 aliphatic heterocycles. The molecule has 1 aliphatic rings. The molecule has 1 nitrogen and oxygen atoms in total. The Balaban J connectivity index is 2.44. The van der Waals surface area contributed by atoms with Gasteiger partial charge >= 0.3 is 0 Å². The Kier molecular flexibility index (Phi) is 1.47. The summed E-state index contributed by atoms with van der Waals surface area (Å²) >= 11 is 0. The first-order valence-corrected chi connectivity index (χ1v) is 2.75. The number of alkyl halides is 2. The first kappa shape index (κ1) is 5.95. The van der Waals surface area contributed by atoms with Gasteiger partial charge in [-0.15, -0.1) is 0 Å². The molecule has 0 bridgehead atoms. The normalized spacial score (nSPS) is 47.6. The molecule has 0 spiro atoms. The molecule has 0 amide bonds. The lowest BCUT2D eigenvalue weighted by Gasteiger charge is -2.04. The molecule has 1 aliphatic carbocycles. The van der Waals surface area contributed by atoms with Crippen molar-refractivity contribution in [2.45, 2.75) is 31.2 Å². The van der Waals surface area contributed by atoms with E-state index in [-0.39, 0.29) is 0 Å². The molecule has 1 fully saturated rings. The zero-order chi connectivity index (χ0) is 6.15. The fourth-order valence-corrected chi connectivity index (χ4v) is 0.938. The Hall–Kier alpha value is -0.180. The van der Waals surface area contributed by atoms with Gasteiger partial charge in [0.1, 0.15) is 12.3 Å². The number of hydrogen-bond donors (Lipinski definition) is 1. The highest BCUT2D eigenvalue weighted by atomic mass is 19.2. The highest BCUT2D eigenvalue weighted by Crippen LogP contribution is 2.23. The Morgan fingerprint density at radius 2 is 1.88 bits per heavy atom. The summed E-state index contributed by atoms with van der Waals surface area (Å²) in [4.78, 5) is 0. The van der Waals surface area contributed by atoms with Gasteiger partial charge in [0.15, 0.2) is 0 Å². The monoisotopic (exact) mass is 121 g/mol. The Bertz CT molecular complexity index is 76.5. The van der Waals surface area contributed by atoms with Gasteiger partial charge in [-0.2, -0.15) is 0 Å². The zero-order valence-electron chi connectivity index (χ0n) is 4.48. The molecule has 0 aromatic rings. The van der Waals surface area contributed by atoms with Crippen LogP contribution in [0.1, 0.15) is 12.8 Å². The predicted molar refractivity (Wildman–Crippen MR) is 27.0 cm³/mol. The van der Waals surface area contributed by atoms with Crippen molar-refractivity contribution >= 4 is 0 Å². The molecule has 1 saturated carbocycles. The molecule has 1 rings (SSSR count). The highest BCUT2D eigenvalue weighted by molar-refractivity contribution is 4.87. The van der Waals surface area contributed by atoms with Crippen LogP contribution in [-0.4, -0.2) is 18.4 Å². The van der Waals surface area contributed by atoms with E-state index in [9.17, 15) is 8.78 Å². The van der Waals surface area contributed by atoms with Crippen LogP contribution in [-0.2, 0) is 0 Å². The second kappa shape index (κ2) is 1.97. The second-order valence-electron chi connectivity index (χ2n) is 2.20. The van der Waals surface area contributed by atoms with Crippen LogP contribution >= 0.6 is 0 Å². The lowest BCUT2D eigenvalue weighted by atomic mass is 10.2. The topological polar surface area (TPSA) is 26.0 Å². The van der Waals surface area contributed by atoms with Gasteiger partial charge in [-0.25, -0.2) is 8.78 Å². The third-order valence-corrected chi connectivity index (χ3v) is 1.53. The molecule has 0 saturated heterocycles. The summed E-state index contributed by atoms with van der Waals surface area (Å²) in [5.41, 5.74) is 5.15. The van der Waals surface area contributed by atoms with Gasteiger partial charge in [0.05, 0.1) is 0 Å². The molecule has 3 unspecified atom stereocenters. The van der Waals surface area contributed by atoms with Gasteiger partial charge in [-0.1, -0.05) is 0 Å². The van der Waals surface area contributed by atoms with E-state index in [0.717, 1.165) is 0 Å². The van der Waals surface area contributed by atoms with Gasteiger partial charge in [0.25, 0.3) is 0 Å². The van der Waals surface area contributed by atoms with Crippen LogP contribution in [0.2, 0.25) is 0 Å². The smallest absolute Gasteiger partial charge is 0.146 e. The van der Waals surface area contributed by atoms with E-state index in [1.807, 2.05) is 0 Å². The largest absolute Gasteiger partial charge is 0.325 e. The minimum Gasteiger partial charge on any atom is -0.325 e. The minimum absolute atomic E-state index is 0.294. The van der Waals surface area contributed by atoms with Crippen LogP contribution in [0.5, 0.6) is 0 Å². The van der Waals surface area contributed by atoms with Crippen molar-refractivity contribution in [3.63, 3.8) is 0 Å². The fraction of sp³-hybridized carbons (Fsp3) is 1.00. The van der Waals surface area contributed by atoms with E-state index in [1.165, 1.54) is 0 Å². The van der Waals surface area contributed by atoms with Crippen molar-refractivity contribution in [3.8, 4) is 0 Å². The van der Waals surface area contributed by atoms with Crippen molar-refractivity contribution in [1.82, 2.24) is 0 Å². The highest BCUT2D eigenvalue weighted by Gasteiger charge is 2.33. The maximum atomic E-state index is 12.2. The quantitative estimate of drug-likeness (QED) is 0.503. The maximum Gasteiger partial charge on any atom is 0.146 e. The first-order chi connectivity index (χ1) is 3.72. The van der Waals surface area contributed by atoms with E-state index in [4.69, 9.17) is 5.73 Å². The molecular formula is C5H9F2N. The summed E-state index contributed by atoms with van der Waals surface area (Å²) in [6.45, 7) is 0. The number of nitrogens with two attached hydrogens (primary N) is 1. The second-order valence-corrected chi connectivity index (χ2v) is 2.20. The average molecular weight is 121 g/mol. The third kappa shape index (κ3) is 0.823. The summed E-state index contributed by atoms with van der Waals surface area (Å²) in [7, 11) is 0. The van der Waals surface area contributed by atoms with Crippen LogP contribution in [0.3, 0.4) is 0 Å². The SMILES string of the molecule is NC1CCC(F)C1F. The van der Waals surface area contributed by atoms with Crippen LogP contribution in [0.4, 0.5) is 8.78 Å². The van der Waals surface area contributed by atoms with Crippen LogP contribution in [0.15, 0.2) is 0 Å². The summed E-state index contributed by atoms with van der Waals surface area (Å²) in [5.74, 6) is 0. The first-order valence-electron chi connectivity index (χ1n) is 2.75. The summed E-state index contributed by atoms with van der Waals surface area (Å²) < 4.78 is 24.3. The Morgan fingerprint density at radius 1 is 1.25 bits per heavy atom. The van der Waals surface area contributed by atoms with Crippen LogP contribution in [0.25, 0.3) is 0 Å². The summed E-state index contributed by atoms with van der Waals surface area (Å²) in [6, 6.07) is -0.551. The molecule has 3 heteroatoms. The average Bonchev–Trinajstić information content (AvgIpc) is 1.98. The third-order valence-electron chi connectivity index (χ3n) is 1.53. The fourth-order valence-electron chi connectivity index (χ4n) is 0.938. The van der Waals surface area contributed by atoms with Gasteiger partial charge in [0.2, 0.25) is 0 Å². The lowest BCUT2D eigenvalue weighted by Crippen LogP contribution is -2.29. The molecule has 3 atom stereocenters. The molecule has 0 aromatic heterocycles. The summed E-state index contributed by atoms with van der Waals surface area (Å²) in [6.07, 6.45) is -1.93. The molecule has 0 aromatic carbocycles.